The second-order valence-electron chi connectivity index (χ2n) is 6.86. The maximum absolute atomic E-state index is 14.1. The largest absolute Gasteiger partial charge is 0.489 e. The van der Waals surface area contributed by atoms with E-state index in [2.05, 4.69) is 10.6 Å². The summed E-state index contributed by atoms with van der Waals surface area (Å²) in [6, 6.07) is 2.65. The molecule has 0 bridgehead atoms. The first-order valence-corrected chi connectivity index (χ1v) is 8.18. The molecular weight excluding hydrogens is 346 g/mol. The minimum absolute atomic E-state index is 0.0106. The van der Waals surface area contributed by atoms with E-state index in [4.69, 9.17) is 9.47 Å². The van der Waals surface area contributed by atoms with E-state index in [-0.39, 0.29) is 30.0 Å². The molecule has 1 aliphatic rings. The number of amides is 2. The summed E-state index contributed by atoms with van der Waals surface area (Å²) in [4.78, 5) is 23.3. The number of halogens is 2. The lowest BCUT2D eigenvalue weighted by Gasteiger charge is -2.20. The Morgan fingerprint density at radius 1 is 1.38 bits per heavy atom. The van der Waals surface area contributed by atoms with E-state index in [1.807, 2.05) is 0 Å². The molecule has 0 radical (unpaired) electrons. The molecule has 0 fully saturated rings. The van der Waals surface area contributed by atoms with Gasteiger partial charge in [0.25, 0.3) is 5.91 Å². The third kappa shape index (κ3) is 5.44. The average Bonchev–Trinajstić information content (AvgIpc) is 2.53. The van der Waals surface area contributed by atoms with Gasteiger partial charge in [0, 0.05) is 24.7 Å². The van der Waals surface area contributed by atoms with Crippen LogP contribution < -0.4 is 15.4 Å². The summed E-state index contributed by atoms with van der Waals surface area (Å²) in [5, 5.41) is 4.99. The highest BCUT2D eigenvalue weighted by atomic mass is 19.1. The van der Waals surface area contributed by atoms with Crippen LogP contribution in [-0.2, 0) is 11.2 Å². The smallest absolute Gasteiger partial charge is 0.407 e. The topological polar surface area (TPSA) is 76.7 Å². The number of nitrogens with one attached hydrogen (secondary N) is 2. The standard InChI is InChI=1S/C18H22F2N2O4/c1-18(2,3)26-17(24)22-9-11(8-19)10-25-13-6-12-4-5-21-16(23)15(12)14(20)7-13/h6-8H,4-5,9-10H2,1-3H3,(H,21,23)(H,22,24)/b11-8+. The molecule has 0 saturated carbocycles. The fourth-order valence-corrected chi connectivity index (χ4v) is 2.37. The molecular formula is C18H22F2N2O4. The highest BCUT2D eigenvalue weighted by molar-refractivity contribution is 5.97. The molecule has 8 heteroatoms. The minimum atomic E-state index is -0.688. The van der Waals surface area contributed by atoms with Crippen molar-refractivity contribution in [2.45, 2.75) is 32.8 Å². The summed E-state index contributed by atoms with van der Waals surface area (Å²) in [5.41, 5.74) is 0.0391. The van der Waals surface area contributed by atoms with Crippen molar-refractivity contribution >= 4 is 12.0 Å². The van der Waals surface area contributed by atoms with Gasteiger partial charge in [-0.05, 0) is 38.8 Å². The van der Waals surface area contributed by atoms with E-state index in [1.165, 1.54) is 0 Å². The van der Waals surface area contributed by atoms with Crippen LogP contribution in [0, 0.1) is 5.82 Å². The molecule has 0 aliphatic carbocycles. The molecule has 142 valence electrons. The van der Waals surface area contributed by atoms with Gasteiger partial charge in [0.2, 0.25) is 0 Å². The maximum atomic E-state index is 14.1. The Hall–Kier alpha value is -2.64. The van der Waals surface area contributed by atoms with Gasteiger partial charge < -0.3 is 20.1 Å². The number of hydrogen-bond acceptors (Lipinski definition) is 4. The summed E-state index contributed by atoms with van der Waals surface area (Å²) < 4.78 is 37.5. The fourth-order valence-electron chi connectivity index (χ4n) is 2.37. The summed E-state index contributed by atoms with van der Waals surface area (Å²) >= 11 is 0. The SMILES string of the molecule is CC(C)(C)OC(=O)NC/C(=C\F)COc1cc(F)c2c(c1)CCNC2=O. The quantitative estimate of drug-likeness (QED) is 0.838. The predicted octanol–water partition coefficient (Wildman–Crippen LogP) is 2.87. The number of hydrogen-bond donors (Lipinski definition) is 2. The monoisotopic (exact) mass is 368 g/mol. The Morgan fingerprint density at radius 2 is 2.12 bits per heavy atom. The number of alkyl carbamates (subject to hydrolysis) is 1. The summed E-state index contributed by atoms with van der Waals surface area (Å²) in [7, 11) is 0. The maximum Gasteiger partial charge on any atom is 0.407 e. The lowest BCUT2D eigenvalue weighted by atomic mass is 9.99. The van der Waals surface area contributed by atoms with E-state index in [0.717, 1.165) is 6.07 Å². The summed E-state index contributed by atoms with van der Waals surface area (Å²) in [6.07, 6.45) is 0.128. The van der Waals surface area contributed by atoms with Crippen molar-refractivity contribution in [3.8, 4) is 5.75 Å². The lowest BCUT2D eigenvalue weighted by Crippen LogP contribution is -2.34. The van der Waals surface area contributed by atoms with Crippen molar-refractivity contribution in [3.63, 3.8) is 0 Å². The highest BCUT2D eigenvalue weighted by Gasteiger charge is 2.22. The number of fused-ring (bicyclic) bond motifs is 1. The third-order valence-corrected chi connectivity index (χ3v) is 3.49. The molecule has 0 spiro atoms. The van der Waals surface area contributed by atoms with Crippen LogP contribution in [0.4, 0.5) is 13.6 Å². The molecule has 0 aromatic heterocycles. The van der Waals surface area contributed by atoms with Crippen LogP contribution in [0.1, 0.15) is 36.7 Å². The number of rotatable bonds is 5. The van der Waals surface area contributed by atoms with Crippen molar-refractivity contribution in [2.24, 2.45) is 0 Å². The Labute approximate surface area is 150 Å². The zero-order valence-corrected chi connectivity index (χ0v) is 14.9. The third-order valence-electron chi connectivity index (χ3n) is 3.49. The Balaban J connectivity index is 1.94. The molecule has 1 heterocycles. The second-order valence-corrected chi connectivity index (χ2v) is 6.86. The van der Waals surface area contributed by atoms with Gasteiger partial charge in [-0.2, -0.15) is 0 Å². The van der Waals surface area contributed by atoms with Crippen LogP contribution in [-0.4, -0.2) is 37.3 Å². The van der Waals surface area contributed by atoms with E-state index in [0.29, 0.717) is 24.9 Å². The van der Waals surface area contributed by atoms with Gasteiger partial charge in [0.1, 0.15) is 23.8 Å². The van der Waals surface area contributed by atoms with Crippen molar-refractivity contribution < 1.29 is 27.8 Å². The molecule has 2 rings (SSSR count). The Morgan fingerprint density at radius 3 is 2.77 bits per heavy atom. The van der Waals surface area contributed by atoms with Crippen molar-refractivity contribution in [1.82, 2.24) is 10.6 Å². The number of benzene rings is 1. The van der Waals surface area contributed by atoms with Crippen LogP contribution in [0.2, 0.25) is 0 Å². The van der Waals surface area contributed by atoms with Crippen LogP contribution in [0.25, 0.3) is 0 Å². The van der Waals surface area contributed by atoms with Crippen LogP contribution in [0.5, 0.6) is 5.75 Å². The number of ether oxygens (including phenoxy) is 2. The van der Waals surface area contributed by atoms with Crippen LogP contribution >= 0.6 is 0 Å². The van der Waals surface area contributed by atoms with Gasteiger partial charge in [-0.25, -0.2) is 13.6 Å². The molecule has 1 aromatic carbocycles. The lowest BCUT2D eigenvalue weighted by molar-refractivity contribution is 0.0531. The minimum Gasteiger partial charge on any atom is -0.489 e. The van der Waals surface area contributed by atoms with Gasteiger partial charge >= 0.3 is 6.09 Å². The number of carbonyl (C=O) groups excluding carboxylic acids is 2. The van der Waals surface area contributed by atoms with Crippen molar-refractivity contribution in [1.29, 1.82) is 0 Å². The first kappa shape index (κ1) is 19.7. The van der Waals surface area contributed by atoms with Gasteiger partial charge in [-0.1, -0.05) is 0 Å². The molecule has 1 aliphatic heterocycles. The van der Waals surface area contributed by atoms with E-state index in [1.54, 1.807) is 26.8 Å². The molecule has 6 nitrogen and oxygen atoms in total. The predicted molar refractivity (Wildman–Crippen MR) is 91.4 cm³/mol. The molecule has 1 aromatic rings. The zero-order valence-electron chi connectivity index (χ0n) is 14.9. The molecule has 2 amide bonds. The molecule has 0 saturated heterocycles. The molecule has 26 heavy (non-hydrogen) atoms. The fraction of sp³-hybridized carbons (Fsp3) is 0.444. The normalized spacial score (nSPS) is 14.3. The molecule has 0 atom stereocenters. The van der Waals surface area contributed by atoms with E-state index >= 15 is 0 Å². The van der Waals surface area contributed by atoms with Gasteiger partial charge in [0.15, 0.2) is 0 Å². The Bertz CT molecular complexity index is 727. The summed E-state index contributed by atoms with van der Waals surface area (Å²) in [5.74, 6) is -0.957. The number of carbonyl (C=O) groups is 2. The van der Waals surface area contributed by atoms with Gasteiger partial charge in [0.05, 0.1) is 11.9 Å². The van der Waals surface area contributed by atoms with Crippen molar-refractivity contribution in [3.05, 3.63) is 41.0 Å². The van der Waals surface area contributed by atoms with E-state index < -0.39 is 23.4 Å². The molecule has 0 unspecified atom stereocenters. The van der Waals surface area contributed by atoms with Gasteiger partial charge in [-0.3, -0.25) is 4.79 Å². The van der Waals surface area contributed by atoms with Crippen molar-refractivity contribution in [2.75, 3.05) is 19.7 Å². The van der Waals surface area contributed by atoms with E-state index in [9.17, 15) is 18.4 Å². The average molecular weight is 368 g/mol. The highest BCUT2D eigenvalue weighted by Crippen LogP contribution is 2.24. The van der Waals surface area contributed by atoms with Crippen LogP contribution in [0.3, 0.4) is 0 Å². The van der Waals surface area contributed by atoms with Crippen LogP contribution in [0.15, 0.2) is 24.0 Å². The summed E-state index contributed by atoms with van der Waals surface area (Å²) in [6.45, 7) is 5.27. The zero-order chi connectivity index (χ0) is 19.3. The first-order valence-electron chi connectivity index (χ1n) is 8.18. The molecule has 2 N–H and O–H groups in total. The first-order chi connectivity index (χ1) is 12.2. The van der Waals surface area contributed by atoms with Gasteiger partial charge in [-0.15, -0.1) is 0 Å². The Kier molecular flexibility index (Phi) is 6.18. The second kappa shape index (κ2) is 8.16.